The fourth-order valence-corrected chi connectivity index (χ4v) is 2.92. The first-order chi connectivity index (χ1) is 12.5. The fraction of sp³-hybridized carbons (Fsp3) is 0.250. The summed E-state index contributed by atoms with van der Waals surface area (Å²) in [5.41, 5.74) is 1.95. The standard InChI is InChI=1S/C20H20ClN3O2/c1-12(2)18-23-20(26-24-18)16-10-5-4-9-15(16)19(25)22-13(3)14-8-6-7-11-17(14)21/h4-13H,1-3H3,(H,22,25)/t13-/m1/s1. The van der Waals surface area contributed by atoms with Crippen LogP contribution in [0.1, 0.15) is 54.5 Å². The van der Waals surface area contributed by atoms with Gasteiger partial charge in [0.05, 0.1) is 17.2 Å². The van der Waals surface area contributed by atoms with Crippen molar-refractivity contribution in [1.29, 1.82) is 0 Å². The Labute approximate surface area is 157 Å². The average molecular weight is 370 g/mol. The topological polar surface area (TPSA) is 68.0 Å². The largest absolute Gasteiger partial charge is 0.345 e. The van der Waals surface area contributed by atoms with Crippen LogP contribution in [0.15, 0.2) is 53.1 Å². The number of rotatable bonds is 5. The Hall–Kier alpha value is -2.66. The van der Waals surface area contributed by atoms with Crippen LogP contribution in [0.3, 0.4) is 0 Å². The molecule has 2 aromatic carbocycles. The van der Waals surface area contributed by atoms with Gasteiger partial charge < -0.3 is 9.84 Å². The molecule has 1 N–H and O–H groups in total. The van der Waals surface area contributed by atoms with Crippen molar-refractivity contribution in [1.82, 2.24) is 15.5 Å². The van der Waals surface area contributed by atoms with E-state index in [-0.39, 0.29) is 17.9 Å². The quantitative estimate of drug-likeness (QED) is 0.686. The van der Waals surface area contributed by atoms with Crippen molar-refractivity contribution in [2.45, 2.75) is 32.7 Å². The number of benzene rings is 2. The summed E-state index contributed by atoms with van der Waals surface area (Å²) in [7, 11) is 0. The number of halogens is 1. The van der Waals surface area contributed by atoms with Gasteiger partial charge in [-0.25, -0.2) is 0 Å². The molecule has 26 heavy (non-hydrogen) atoms. The van der Waals surface area contributed by atoms with Gasteiger partial charge in [-0.2, -0.15) is 4.98 Å². The van der Waals surface area contributed by atoms with Crippen molar-refractivity contribution in [2.75, 3.05) is 0 Å². The Morgan fingerprint density at radius 2 is 1.77 bits per heavy atom. The van der Waals surface area contributed by atoms with Gasteiger partial charge in [-0.15, -0.1) is 0 Å². The Morgan fingerprint density at radius 1 is 1.08 bits per heavy atom. The van der Waals surface area contributed by atoms with Crippen LogP contribution in [-0.4, -0.2) is 16.0 Å². The Kier molecular flexibility index (Phi) is 5.38. The maximum absolute atomic E-state index is 12.8. The SMILES string of the molecule is CC(C)c1noc(-c2ccccc2C(=O)N[C@H](C)c2ccccc2Cl)n1. The van der Waals surface area contributed by atoms with Crippen molar-refractivity contribution in [3.63, 3.8) is 0 Å². The van der Waals surface area contributed by atoms with Crippen molar-refractivity contribution < 1.29 is 9.32 Å². The highest BCUT2D eigenvalue weighted by Crippen LogP contribution is 2.26. The second-order valence-corrected chi connectivity index (χ2v) is 6.78. The molecule has 1 amide bonds. The number of hydrogen-bond donors (Lipinski definition) is 1. The predicted octanol–water partition coefficient (Wildman–Crippen LogP) is 5.00. The minimum atomic E-state index is -0.238. The summed E-state index contributed by atoms with van der Waals surface area (Å²) in [5, 5.41) is 7.57. The lowest BCUT2D eigenvalue weighted by Gasteiger charge is -2.16. The molecular formula is C20H20ClN3O2. The number of carbonyl (C=O) groups excluding carboxylic acids is 1. The molecule has 0 aliphatic carbocycles. The van der Waals surface area contributed by atoms with Crippen molar-refractivity contribution in [2.24, 2.45) is 0 Å². The van der Waals surface area contributed by atoms with Crippen LogP contribution >= 0.6 is 11.6 Å². The molecule has 1 aromatic heterocycles. The van der Waals surface area contributed by atoms with Gasteiger partial charge in [0.1, 0.15) is 0 Å². The van der Waals surface area contributed by atoms with Crippen molar-refractivity contribution >= 4 is 17.5 Å². The monoisotopic (exact) mass is 369 g/mol. The third-order valence-electron chi connectivity index (χ3n) is 4.08. The van der Waals surface area contributed by atoms with E-state index >= 15 is 0 Å². The molecule has 0 aliphatic heterocycles. The zero-order valence-corrected chi connectivity index (χ0v) is 15.6. The number of nitrogens with zero attached hydrogens (tertiary/aromatic N) is 2. The Bertz CT molecular complexity index is 921. The molecule has 0 spiro atoms. The number of hydrogen-bond acceptors (Lipinski definition) is 4. The molecule has 1 heterocycles. The summed E-state index contributed by atoms with van der Waals surface area (Å²) in [5.74, 6) is 0.871. The van der Waals surface area contributed by atoms with E-state index in [2.05, 4.69) is 15.5 Å². The number of amides is 1. The smallest absolute Gasteiger partial charge is 0.258 e. The van der Waals surface area contributed by atoms with E-state index in [1.165, 1.54) is 0 Å². The van der Waals surface area contributed by atoms with Crippen LogP contribution in [0.25, 0.3) is 11.5 Å². The molecule has 0 fully saturated rings. The summed E-state index contributed by atoms with van der Waals surface area (Å²) in [6.07, 6.45) is 0. The summed E-state index contributed by atoms with van der Waals surface area (Å²) in [6.45, 7) is 5.86. The minimum absolute atomic E-state index is 0.147. The molecule has 0 saturated carbocycles. The summed E-state index contributed by atoms with van der Waals surface area (Å²) < 4.78 is 5.35. The molecule has 6 heteroatoms. The summed E-state index contributed by atoms with van der Waals surface area (Å²) in [6, 6.07) is 14.4. The van der Waals surface area contributed by atoms with E-state index in [1.54, 1.807) is 24.3 Å². The Balaban J connectivity index is 1.87. The summed E-state index contributed by atoms with van der Waals surface area (Å²) >= 11 is 6.22. The summed E-state index contributed by atoms with van der Waals surface area (Å²) in [4.78, 5) is 17.2. The number of carbonyl (C=O) groups is 1. The molecule has 5 nitrogen and oxygen atoms in total. The Morgan fingerprint density at radius 3 is 2.46 bits per heavy atom. The van der Waals surface area contributed by atoms with Crippen molar-refractivity contribution in [3.05, 3.63) is 70.5 Å². The second kappa shape index (κ2) is 7.70. The lowest BCUT2D eigenvalue weighted by atomic mass is 10.0. The first-order valence-electron chi connectivity index (χ1n) is 8.45. The van der Waals surface area contributed by atoms with Gasteiger partial charge in [-0.3, -0.25) is 4.79 Å². The third kappa shape index (κ3) is 3.78. The van der Waals surface area contributed by atoms with Gasteiger partial charge >= 0.3 is 0 Å². The number of aromatic nitrogens is 2. The molecule has 0 radical (unpaired) electrons. The highest BCUT2D eigenvalue weighted by Gasteiger charge is 2.20. The average Bonchev–Trinajstić information content (AvgIpc) is 3.12. The van der Waals surface area contributed by atoms with Gasteiger partial charge in [-0.05, 0) is 30.7 Å². The molecule has 3 rings (SSSR count). The van der Waals surface area contributed by atoms with E-state index in [4.69, 9.17) is 16.1 Å². The molecule has 1 atom stereocenters. The van der Waals surface area contributed by atoms with Gasteiger partial charge in [0, 0.05) is 10.9 Å². The minimum Gasteiger partial charge on any atom is -0.345 e. The van der Waals surface area contributed by atoms with Crippen LogP contribution in [0, 0.1) is 0 Å². The van der Waals surface area contributed by atoms with Crippen LogP contribution in [0.5, 0.6) is 0 Å². The fourth-order valence-electron chi connectivity index (χ4n) is 2.62. The highest BCUT2D eigenvalue weighted by molar-refractivity contribution is 6.31. The lowest BCUT2D eigenvalue weighted by Crippen LogP contribution is -2.27. The van der Waals surface area contributed by atoms with Crippen LogP contribution in [0.2, 0.25) is 5.02 Å². The van der Waals surface area contributed by atoms with E-state index in [0.29, 0.717) is 27.9 Å². The van der Waals surface area contributed by atoms with E-state index < -0.39 is 0 Å². The number of nitrogens with one attached hydrogen (secondary N) is 1. The van der Waals surface area contributed by atoms with E-state index in [0.717, 1.165) is 5.56 Å². The normalized spacial score (nSPS) is 12.2. The van der Waals surface area contributed by atoms with Crippen LogP contribution in [-0.2, 0) is 0 Å². The molecule has 0 unspecified atom stereocenters. The van der Waals surface area contributed by atoms with Crippen LogP contribution < -0.4 is 5.32 Å². The zero-order valence-electron chi connectivity index (χ0n) is 14.9. The van der Waals surface area contributed by atoms with Crippen molar-refractivity contribution in [3.8, 4) is 11.5 Å². The van der Waals surface area contributed by atoms with Crippen LogP contribution in [0.4, 0.5) is 0 Å². The molecule has 0 bridgehead atoms. The molecule has 0 aliphatic rings. The predicted molar refractivity (Wildman–Crippen MR) is 101 cm³/mol. The zero-order chi connectivity index (χ0) is 18.7. The second-order valence-electron chi connectivity index (χ2n) is 6.37. The first-order valence-corrected chi connectivity index (χ1v) is 8.83. The van der Waals surface area contributed by atoms with E-state index in [1.807, 2.05) is 45.0 Å². The molecule has 134 valence electrons. The molecule has 3 aromatic rings. The van der Waals surface area contributed by atoms with Gasteiger partial charge in [0.2, 0.25) is 0 Å². The highest BCUT2D eigenvalue weighted by atomic mass is 35.5. The lowest BCUT2D eigenvalue weighted by molar-refractivity contribution is 0.0940. The van der Waals surface area contributed by atoms with E-state index in [9.17, 15) is 4.79 Å². The third-order valence-corrected chi connectivity index (χ3v) is 4.42. The maximum Gasteiger partial charge on any atom is 0.258 e. The molecule has 0 saturated heterocycles. The van der Waals surface area contributed by atoms with Gasteiger partial charge in [-0.1, -0.05) is 60.9 Å². The maximum atomic E-state index is 12.8. The molecular weight excluding hydrogens is 350 g/mol. The van der Waals surface area contributed by atoms with Gasteiger partial charge in [0.15, 0.2) is 5.82 Å². The van der Waals surface area contributed by atoms with Gasteiger partial charge in [0.25, 0.3) is 11.8 Å². The first kappa shape index (κ1) is 18.1.